The van der Waals surface area contributed by atoms with Crippen molar-refractivity contribution in [3.8, 4) is 0 Å². The van der Waals surface area contributed by atoms with Gasteiger partial charge in [-0.25, -0.2) is 0 Å². The number of aliphatic hydroxyl groups excluding tert-OH is 1. The van der Waals surface area contributed by atoms with Crippen molar-refractivity contribution in [2.45, 2.75) is 25.9 Å². The number of fused-ring (bicyclic) bond motifs is 1. The Bertz CT molecular complexity index is 702. The molecular formula is C16H19N3O3. The van der Waals surface area contributed by atoms with Crippen LogP contribution >= 0.6 is 0 Å². The summed E-state index contributed by atoms with van der Waals surface area (Å²) in [6, 6.07) is 6.78. The minimum Gasteiger partial charge on any atom is -0.393 e. The van der Waals surface area contributed by atoms with Crippen molar-refractivity contribution in [2.75, 3.05) is 18.0 Å². The van der Waals surface area contributed by atoms with Gasteiger partial charge in [0.15, 0.2) is 0 Å². The molecule has 6 nitrogen and oxygen atoms in total. The van der Waals surface area contributed by atoms with Crippen LogP contribution in [0.5, 0.6) is 0 Å². The topological polar surface area (TPSA) is 79.5 Å². The molecule has 1 N–H and O–H groups in total. The summed E-state index contributed by atoms with van der Waals surface area (Å²) in [6.45, 7) is 3.45. The van der Waals surface area contributed by atoms with Gasteiger partial charge in [0, 0.05) is 31.3 Å². The highest BCUT2D eigenvalue weighted by Crippen LogP contribution is 2.34. The first-order chi connectivity index (χ1) is 10.6. The summed E-state index contributed by atoms with van der Waals surface area (Å²) in [7, 11) is 0. The number of rotatable bonds is 3. The van der Waals surface area contributed by atoms with Crippen LogP contribution in [-0.2, 0) is 0 Å². The van der Waals surface area contributed by atoms with E-state index in [9.17, 15) is 15.2 Å². The fourth-order valence-corrected chi connectivity index (χ4v) is 3.18. The molecule has 3 rings (SSSR count). The fraction of sp³-hybridized carbons (Fsp3) is 0.438. The molecule has 1 saturated heterocycles. The number of benzene rings is 1. The van der Waals surface area contributed by atoms with Crippen LogP contribution in [0.1, 0.15) is 19.8 Å². The zero-order chi connectivity index (χ0) is 15.7. The quantitative estimate of drug-likeness (QED) is 0.696. The van der Waals surface area contributed by atoms with Gasteiger partial charge in [-0.05, 0) is 38.0 Å². The Hall–Kier alpha value is -2.21. The molecule has 1 fully saturated rings. The third kappa shape index (κ3) is 2.62. The minimum absolute atomic E-state index is 0.0796. The second-order valence-electron chi connectivity index (χ2n) is 5.85. The van der Waals surface area contributed by atoms with Gasteiger partial charge in [0.1, 0.15) is 5.52 Å². The normalized spacial score (nSPS) is 20.1. The Labute approximate surface area is 128 Å². The van der Waals surface area contributed by atoms with Crippen molar-refractivity contribution in [1.82, 2.24) is 4.98 Å². The van der Waals surface area contributed by atoms with E-state index in [1.54, 1.807) is 30.5 Å². The zero-order valence-electron chi connectivity index (χ0n) is 12.5. The number of piperidine rings is 1. The largest absolute Gasteiger partial charge is 0.393 e. The van der Waals surface area contributed by atoms with Crippen molar-refractivity contribution >= 4 is 22.3 Å². The number of nitro groups is 1. The number of pyridine rings is 1. The van der Waals surface area contributed by atoms with E-state index in [4.69, 9.17) is 0 Å². The molecule has 0 bridgehead atoms. The number of nitro benzene ring substituents is 1. The minimum atomic E-state index is -0.372. The van der Waals surface area contributed by atoms with Crippen LogP contribution in [0.4, 0.5) is 11.4 Å². The summed E-state index contributed by atoms with van der Waals surface area (Å²) in [6.07, 6.45) is 3.32. The molecule has 22 heavy (non-hydrogen) atoms. The van der Waals surface area contributed by atoms with E-state index in [-0.39, 0.29) is 22.6 Å². The summed E-state index contributed by atoms with van der Waals surface area (Å²) < 4.78 is 0. The van der Waals surface area contributed by atoms with Crippen LogP contribution < -0.4 is 4.90 Å². The van der Waals surface area contributed by atoms with Crippen molar-refractivity contribution in [3.63, 3.8) is 0 Å². The average Bonchev–Trinajstić information content (AvgIpc) is 2.53. The van der Waals surface area contributed by atoms with Crippen LogP contribution in [0.3, 0.4) is 0 Å². The number of hydrogen-bond acceptors (Lipinski definition) is 5. The smallest absolute Gasteiger partial charge is 0.278 e. The highest BCUT2D eigenvalue weighted by molar-refractivity contribution is 5.97. The molecular weight excluding hydrogens is 282 g/mol. The first-order valence-corrected chi connectivity index (χ1v) is 7.53. The average molecular weight is 301 g/mol. The summed E-state index contributed by atoms with van der Waals surface area (Å²) >= 11 is 0. The van der Waals surface area contributed by atoms with Crippen LogP contribution in [0.25, 0.3) is 10.9 Å². The van der Waals surface area contributed by atoms with Gasteiger partial charge in [-0.15, -0.1) is 0 Å². The van der Waals surface area contributed by atoms with Crippen LogP contribution in [0.15, 0.2) is 30.5 Å². The molecule has 0 aliphatic carbocycles. The van der Waals surface area contributed by atoms with Gasteiger partial charge < -0.3 is 10.0 Å². The fourth-order valence-electron chi connectivity index (χ4n) is 3.18. The number of aromatic nitrogens is 1. The van der Waals surface area contributed by atoms with Gasteiger partial charge in [0.25, 0.3) is 5.69 Å². The molecule has 0 amide bonds. The predicted octanol–water partition coefficient (Wildman–Crippen LogP) is 2.74. The third-order valence-electron chi connectivity index (χ3n) is 4.40. The monoisotopic (exact) mass is 301 g/mol. The molecule has 1 aromatic carbocycles. The lowest BCUT2D eigenvalue weighted by molar-refractivity contribution is -0.383. The third-order valence-corrected chi connectivity index (χ3v) is 4.40. The second-order valence-corrected chi connectivity index (χ2v) is 5.85. The van der Waals surface area contributed by atoms with Crippen LogP contribution in [-0.4, -0.2) is 34.2 Å². The van der Waals surface area contributed by atoms with Crippen molar-refractivity contribution < 1.29 is 10.0 Å². The molecule has 116 valence electrons. The van der Waals surface area contributed by atoms with Gasteiger partial charge in [0.05, 0.1) is 22.1 Å². The van der Waals surface area contributed by atoms with Crippen LogP contribution in [0.2, 0.25) is 0 Å². The summed E-state index contributed by atoms with van der Waals surface area (Å²) in [5.41, 5.74) is 1.64. The zero-order valence-corrected chi connectivity index (χ0v) is 12.5. The van der Waals surface area contributed by atoms with E-state index in [0.29, 0.717) is 10.9 Å². The van der Waals surface area contributed by atoms with E-state index >= 15 is 0 Å². The summed E-state index contributed by atoms with van der Waals surface area (Å²) in [4.78, 5) is 17.3. The molecule has 2 unspecified atom stereocenters. The van der Waals surface area contributed by atoms with Crippen molar-refractivity contribution in [1.29, 1.82) is 0 Å². The highest BCUT2D eigenvalue weighted by Gasteiger charge is 2.26. The molecule has 2 atom stereocenters. The number of non-ortho nitro benzene ring substituents is 1. The Morgan fingerprint density at radius 3 is 3.00 bits per heavy atom. The molecule has 0 spiro atoms. The molecule has 0 saturated carbocycles. The molecule has 1 aliphatic heterocycles. The lowest BCUT2D eigenvalue weighted by Crippen LogP contribution is -2.39. The van der Waals surface area contributed by atoms with E-state index in [0.717, 1.165) is 31.6 Å². The lowest BCUT2D eigenvalue weighted by atomic mass is 9.93. The molecule has 1 aromatic heterocycles. The SMILES string of the molecule is CC(O)C1CCCN(c2ccc([N+](=O)[O-])c3cccnc23)C1. The van der Waals surface area contributed by atoms with E-state index in [1.807, 2.05) is 6.92 Å². The highest BCUT2D eigenvalue weighted by atomic mass is 16.6. The number of aliphatic hydroxyl groups is 1. The van der Waals surface area contributed by atoms with E-state index in [1.165, 1.54) is 0 Å². The van der Waals surface area contributed by atoms with Crippen molar-refractivity contribution in [2.24, 2.45) is 5.92 Å². The van der Waals surface area contributed by atoms with Crippen molar-refractivity contribution in [3.05, 3.63) is 40.6 Å². The Kier molecular flexibility index (Phi) is 3.94. The Morgan fingerprint density at radius 2 is 2.27 bits per heavy atom. The summed E-state index contributed by atoms with van der Waals surface area (Å²) in [5, 5.41) is 21.6. The second kappa shape index (κ2) is 5.88. The molecule has 2 aromatic rings. The first-order valence-electron chi connectivity index (χ1n) is 7.53. The maximum Gasteiger partial charge on any atom is 0.278 e. The Morgan fingerprint density at radius 1 is 1.45 bits per heavy atom. The summed E-state index contributed by atoms with van der Waals surface area (Å²) in [5.74, 6) is 0.225. The van der Waals surface area contributed by atoms with E-state index in [2.05, 4.69) is 9.88 Å². The maximum absolute atomic E-state index is 11.2. The van der Waals surface area contributed by atoms with Gasteiger partial charge in [-0.3, -0.25) is 15.1 Å². The Balaban J connectivity index is 2.04. The molecule has 1 aliphatic rings. The first kappa shape index (κ1) is 14.7. The van der Waals surface area contributed by atoms with Crippen LogP contribution in [0, 0.1) is 16.0 Å². The standard InChI is InChI=1S/C16H19N3O3/c1-11(20)12-4-3-9-18(10-12)15-7-6-14(19(21)22)13-5-2-8-17-16(13)15/h2,5-8,11-12,20H,3-4,9-10H2,1H3. The molecule has 0 radical (unpaired) electrons. The molecule has 6 heteroatoms. The number of nitrogens with zero attached hydrogens (tertiary/aromatic N) is 3. The maximum atomic E-state index is 11.2. The van der Waals surface area contributed by atoms with Gasteiger partial charge in [-0.1, -0.05) is 0 Å². The predicted molar refractivity (Wildman–Crippen MR) is 85.0 cm³/mol. The molecule has 2 heterocycles. The number of hydrogen-bond donors (Lipinski definition) is 1. The van der Waals surface area contributed by atoms with Gasteiger partial charge in [0.2, 0.25) is 0 Å². The van der Waals surface area contributed by atoms with E-state index < -0.39 is 0 Å². The van der Waals surface area contributed by atoms with Gasteiger partial charge in [-0.2, -0.15) is 0 Å². The van der Waals surface area contributed by atoms with Gasteiger partial charge >= 0.3 is 0 Å². The number of anilines is 1. The lowest BCUT2D eigenvalue weighted by Gasteiger charge is -2.36.